The van der Waals surface area contributed by atoms with E-state index >= 15 is 0 Å². The molecule has 118 valence electrons. The third-order valence-corrected chi connectivity index (χ3v) is 4.23. The predicted octanol–water partition coefficient (Wildman–Crippen LogP) is 5.53. The summed E-state index contributed by atoms with van der Waals surface area (Å²) in [5.74, 6) is 0. The van der Waals surface area contributed by atoms with E-state index in [2.05, 4.69) is 59.5 Å². The largest absolute Gasteiger partial charge is 0.372 e. The van der Waals surface area contributed by atoms with Gasteiger partial charge in [-0.2, -0.15) is 0 Å². The van der Waals surface area contributed by atoms with Gasteiger partial charge < -0.3 is 4.90 Å². The van der Waals surface area contributed by atoms with Gasteiger partial charge in [0.15, 0.2) is 0 Å². The van der Waals surface area contributed by atoms with Gasteiger partial charge in [0.2, 0.25) is 0 Å². The molecule has 0 spiro atoms. The maximum Gasteiger partial charge on any atom is 0.0709 e. The van der Waals surface area contributed by atoms with Crippen molar-refractivity contribution in [3.8, 4) is 11.3 Å². The summed E-state index contributed by atoms with van der Waals surface area (Å²) >= 11 is 0. The van der Waals surface area contributed by atoms with Crippen molar-refractivity contribution in [1.29, 1.82) is 0 Å². The number of hydrogen-bond donors (Lipinski definition) is 0. The lowest BCUT2D eigenvalue weighted by Crippen LogP contribution is -2.17. The quantitative estimate of drug-likeness (QED) is 0.619. The summed E-state index contributed by atoms with van der Waals surface area (Å²) in [6.07, 6.45) is 2.63. The highest BCUT2D eigenvalue weighted by Crippen LogP contribution is 2.25. The zero-order chi connectivity index (χ0) is 16.1. The first-order valence-corrected chi connectivity index (χ1v) is 8.61. The maximum atomic E-state index is 4.76. The molecule has 2 nitrogen and oxygen atoms in total. The molecule has 1 aliphatic heterocycles. The van der Waals surface area contributed by atoms with Crippen LogP contribution in [0.25, 0.3) is 22.2 Å². The van der Waals surface area contributed by atoms with Gasteiger partial charge in [-0.1, -0.05) is 50.2 Å². The number of anilines is 1. The lowest BCUT2D eigenvalue weighted by atomic mass is 10.1. The van der Waals surface area contributed by atoms with Crippen molar-refractivity contribution in [3.63, 3.8) is 0 Å². The van der Waals surface area contributed by atoms with Crippen molar-refractivity contribution in [2.45, 2.75) is 26.7 Å². The molecular formula is C21H24N2. The molecule has 2 heteroatoms. The molecule has 0 bridgehead atoms. The number of para-hydroxylation sites is 1. The number of aromatic nitrogens is 1. The average Bonchev–Trinajstić information content (AvgIpc) is 3.18. The molecule has 2 heterocycles. The number of rotatable bonds is 2. The van der Waals surface area contributed by atoms with Gasteiger partial charge in [0.1, 0.15) is 0 Å². The van der Waals surface area contributed by atoms with Gasteiger partial charge in [-0.05, 0) is 37.1 Å². The summed E-state index contributed by atoms with van der Waals surface area (Å²) < 4.78 is 0. The van der Waals surface area contributed by atoms with Gasteiger partial charge in [0.25, 0.3) is 0 Å². The minimum absolute atomic E-state index is 1.04. The number of fused-ring (bicyclic) bond motifs is 1. The first-order valence-electron chi connectivity index (χ1n) is 8.61. The third kappa shape index (κ3) is 3.37. The van der Waals surface area contributed by atoms with Gasteiger partial charge in [-0.3, -0.25) is 0 Å². The molecule has 1 aliphatic rings. The fraction of sp³-hybridized carbons (Fsp3) is 0.286. The van der Waals surface area contributed by atoms with E-state index in [1.807, 2.05) is 19.9 Å². The van der Waals surface area contributed by atoms with Crippen LogP contribution in [0.1, 0.15) is 26.7 Å². The Morgan fingerprint density at radius 1 is 0.783 bits per heavy atom. The molecule has 2 aromatic carbocycles. The summed E-state index contributed by atoms with van der Waals surface area (Å²) in [5, 5.41) is 1.19. The highest BCUT2D eigenvalue weighted by Gasteiger charge is 2.12. The average molecular weight is 304 g/mol. The smallest absolute Gasteiger partial charge is 0.0709 e. The number of benzene rings is 2. The predicted molar refractivity (Wildman–Crippen MR) is 100.0 cm³/mol. The van der Waals surface area contributed by atoms with Crippen molar-refractivity contribution in [1.82, 2.24) is 4.98 Å². The Balaban J connectivity index is 0.000000753. The summed E-state index contributed by atoms with van der Waals surface area (Å²) in [5.41, 5.74) is 4.61. The Morgan fingerprint density at radius 2 is 1.48 bits per heavy atom. The standard InChI is InChI=1S/C19H18N2.C2H6/c1-2-6-18-15(5-1)9-12-19(20-18)16-7-10-17(11-8-16)21-13-3-4-14-21;1-2/h1-2,5-12H,3-4,13-14H2;1-2H3. The lowest BCUT2D eigenvalue weighted by Gasteiger charge is -2.17. The van der Waals surface area contributed by atoms with Crippen LogP contribution in [0.4, 0.5) is 5.69 Å². The monoisotopic (exact) mass is 304 g/mol. The van der Waals surface area contributed by atoms with Crippen LogP contribution in [-0.4, -0.2) is 18.1 Å². The minimum atomic E-state index is 1.04. The Hall–Kier alpha value is -2.35. The second-order valence-electron chi connectivity index (χ2n) is 5.63. The second kappa shape index (κ2) is 7.28. The SMILES string of the molecule is CC.c1ccc2nc(-c3ccc(N4CCCC4)cc3)ccc2c1. The molecule has 0 saturated carbocycles. The molecule has 0 unspecified atom stereocenters. The molecule has 0 radical (unpaired) electrons. The van der Waals surface area contributed by atoms with Crippen molar-refractivity contribution in [3.05, 3.63) is 60.7 Å². The van der Waals surface area contributed by atoms with E-state index in [1.165, 1.54) is 42.6 Å². The summed E-state index contributed by atoms with van der Waals surface area (Å²) in [6.45, 7) is 6.38. The fourth-order valence-corrected chi connectivity index (χ4v) is 3.05. The van der Waals surface area contributed by atoms with E-state index in [1.54, 1.807) is 0 Å². The fourth-order valence-electron chi connectivity index (χ4n) is 3.05. The van der Waals surface area contributed by atoms with Crippen LogP contribution in [0, 0.1) is 0 Å². The number of hydrogen-bond acceptors (Lipinski definition) is 2. The van der Waals surface area contributed by atoms with Crippen molar-refractivity contribution in [2.75, 3.05) is 18.0 Å². The van der Waals surface area contributed by atoms with E-state index in [9.17, 15) is 0 Å². The molecule has 0 aliphatic carbocycles. The molecule has 23 heavy (non-hydrogen) atoms. The third-order valence-electron chi connectivity index (χ3n) is 4.23. The molecule has 3 aromatic rings. The molecular weight excluding hydrogens is 280 g/mol. The van der Waals surface area contributed by atoms with Gasteiger partial charge in [0, 0.05) is 29.7 Å². The van der Waals surface area contributed by atoms with Crippen molar-refractivity contribution < 1.29 is 0 Å². The number of pyridine rings is 1. The minimum Gasteiger partial charge on any atom is -0.372 e. The highest BCUT2D eigenvalue weighted by atomic mass is 15.1. The molecule has 1 fully saturated rings. The topological polar surface area (TPSA) is 16.1 Å². The van der Waals surface area contributed by atoms with Gasteiger partial charge in [-0.15, -0.1) is 0 Å². The van der Waals surface area contributed by atoms with Crippen LogP contribution in [0.5, 0.6) is 0 Å². The molecule has 0 amide bonds. The van der Waals surface area contributed by atoms with E-state index in [0.717, 1.165) is 11.2 Å². The van der Waals surface area contributed by atoms with Crippen LogP contribution >= 0.6 is 0 Å². The highest BCUT2D eigenvalue weighted by molar-refractivity contribution is 5.81. The van der Waals surface area contributed by atoms with E-state index in [4.69, 9.17) is 4.98 Å². The van der Waals surface area contributed by atoms with E-state index in [0.29, 0.717) is 0 Å². The summed E-state index contributed by atoms with van der Waals surface area (Å²) in [4.78, 5) is 7.21. The summed E-state index contributed by atoms with van der Waals surface area (Å²) in [6, 6.07) is 21.3. The Morgan fingerprint density at radius 3 is 2.22 bits per heavy atom. The van der Waals surface area contributed by atoms with Crippen LogP contribution in [-0.2, 0) is 0 Å². The maximum absolute atomic E-state index is 4.76. The Labute approximate surface area is 138 Å². The van der Waals surface area contributed by atoms with Gasteiger partial charge in [-0.25, -0.2) is 4.98 Å². The van der Waals surface area contributed by atoms with Crippen LogP contribution in [0.15, 0.2) is 60.7 Å². The Kier molecular flexibility index (Phi) is 4.92. The van der Waals surface area contributed by atoms with Crippen LogP contribution in [0.2, 0.25) is 0 Å². The summed E-state index contributed by atoms with van der Waals surface area (Å²) in [7, 11) is 0. The molecule has 0 atom stereocenters. The van der Waals surface area contributed by atoms with E-state index in [-0.39, 0.29) is 0 Å². The van der Waals surface area contributed by atoms with Crippen molar-refractivity contribution >= 4 is 16.6 Å². The van der Waals surface area contributed by atoms with Crippen LogP contribution < -0.4 is 4.90 Å². The first-order chi connectivity index (χ1) is 11.4. The van der Waals surface area contributed by atoms with Gasteiger partial charge in [0.05, 0.1) is 11.2 Å². The van der Waals surface area contributed by atoms with Crippen molar-refractivity contribution in [2.24, 2.45) is 0 Å². The zero-order valence-corrected chi connectivity index (χ0v) is 14.0. The lowest BCUT2D eigenvalue weighted by molar-refractivity contribution is 0.949. The number of nitrogens with zero attached hydrogens (tertiary/aromatic N) is 2. The molecule has 1 saturated heterocycles. The zero-order valence-electron chi connectivity index (χ0n) is 14.0. The van der Waals surface area contributed by atoms with E-state index < -0.39 is 0 Å². The molecule has 0 N–H and O–H groups in total. The molecule has 4 rings (SSSR count). The Bertz CT molecular complexity index is 756. The van der Waals surface area contributed by atoms with Crippen LogP contribution in [0.3, 0.4) is 0 Å². The first kappa shape index (κ1) is 15.5. The normalized spacial score (nSPS) is 13.7. The van der Waals surface area contributed by atoms with Gasteiger partial charge >= 0.3 is 0 Å². The second-order valence-corrected chi connectivity index (χ2v) is 5.63. The molecule has 1 aromatic heterocycles.